The van der Waals surface area contributed by atoms with Crippen molar-refractivity contribution in [1.82, 2.24) is 4.90 Å². The monoisotopic (exact) mass is 321 g/mol. The highest BCUT2D eigenvalue weighted by molar-refractivity contribution is 5.87. The number of aliphatic carboxylic acids is 1. The van der Waals surface area contributed by atoms with Crippen LogP contribution in [0.2, 0.25) is 0 Å². The van der Waals surface area contributed by atoms with Gasteiger partial charge in [-0.3, -0.25) is 4.90 Å². The van der Waals surface area contributed by atoms with Crippen LogP contribution in [-0.2, 0) is 25.7 Å². The van der Waals surface area contributed by atoms with Gasteiger partial charge in [0.25, 0.3) is 0 Å². The van der Waals surface area contributed by atoms with Crippen molar-refractivity contribution in [2.24, 2.45) is 0 Å². The summed E-state index contributed by atoms with van der Waals surface area (Å²) in [5.74, 6) is -1.76. The molecule has 0 aliphatic carbocycles. The molecule has 2 atom stereocenters. The van der Waals surface area contributed by atoms with Gasteiger partial charge >= 0.3 is 18.0 Å². The van der Waals surface area contributed by atoms with Crippen LogP contribution in [0.4, 0.5) is 4.79 Å². The van der Waals surface area contributed by atoms with E-state index >= 15 is 0 Å². The van der Waals surface area contributed by atoms with Gasteiger partial charge in [0.15, 0.2) is 0 Å². The number of amides is 1. The number of rotatable bonds is 5. The van der Waals surface area contributed by atoms with E-state index in [9.17, 15) is 19.5 Å². The van der Waals surface area contributed by atoms with Crippen molar-refractivity contribution in [3.8, 4) is 0 Å². The lowest BCUT2D eigenvalue weighted by molar-refractivity contribution is -0.150. The molecule has 7 heteroatoms. The van der Waals surface area contributed by atoms with Crippen LogP contribution in [0.15, 0.2) is 30.3 Å². The highest BCUT2D eigenvalue weighted by Crippen LogP contribution is 2.26. The molecule has 124 valence electrons. The molecule has 23 heavy (non-hydrogen) atoms. The van der Waals surface area contributed by atoms with Gasteiger partial charge in [-0.1, -0.05) is 30.3 Å². The topological polar surface area (TPSA) is 93.1 Å². The first kappa shape index (κ1) is 16.8. The zero-order chi connectivity index (χ0) is 16.8. The average molecular weight is 321 g/mol. The standard InChI is InChI=1S/C16H19NO6/c1-2-22-15(20)13-9-8-12(14(18)19)17(13)16(21)23-10-11-6-4-3-5-7-11/h3-7,12-13H,2,8-10H2,1H3,(H,18,19)/t12-,13-/m0/s1. The molecule has 1 aromatic carbocycles. The molecule has 1 saturated heterocycles. The fourth-order valence-corrected chi connectivity index (χ4v) is 2.57. The average Bonchev–Trinajstić information content (AvgIpc) is 2.99. The number of benzene rings is 1. The molecule has 1 N–H and O–H groups in total. The van der Waals surface area contributed by atoms with E-state index in [0.717, 1.165) is 10.5 Å². The van der Waals surface area contributed by atoms with Crippen LogP contribution in [0.1, 0.15) is 25.3 Å². The van der Waals surface area contributed by atoms with Gasteiger partial charge in [-0.05, 0) is 25.3 Å². The van der Waals surface area contributed by atoms with Gasteiger partial charge in [-0.15, -0.1) is 0 Å². The molecule has 1 fully saturated rings. The number of carboxylic acid groups (broad SMARTS) is 1. The van der Waals surface area contributed by atoms with E-state index in [4.69, 9.17) is 9.47 Å². The van der Waals surface area contributed by atoms with Crippen LogP contribution in [0.25, 0.3) is 0 Å². The van der Waals surface area contributed by atoms with Gasteiger partial charge in [0.2, 0.25) is 0 Å². The van der Waals surface area contributed by atoms with Crippen LogP contribution in [0, 0.1) is 0 Å². The Kier molecular flexibility index (Phi) is 5.56. The third-order valence-electron chi connectivity index (χ3n) is 3.64. The van der Waals surface area contributed by atoms with Crippen LogP contribution < -0.4 is 0 Å². The van der Waals surface area contributed by atoms with Gasteiger partial charge in [0.1, 0.15) is 18.7 Å². The molecule has 0 radical (unpaired) electrons. The highest BCUT2D eigenvalue weighted by atomic mass is 16.6. The van der Waals surface area contributed by atoms with Crippen molar-refractivity contribution in [1.29, 1.82) is 0 Å². The third-order valence-corrected chi connectivity index (χ3v) is 3.64. The number of ether oxygens (including phenoxy) is 2. The maximum Gasteiger partial charge on any atom is 0.411 e. The van der Waals surface area contributed by atoms with E-state index in [0.29, 0.717) is 0 Å². The number of hydrogen-bond donors (Lipinski definition) is 1. The minimum Gasteiger partial charge on any atom is -0.480 e. The Morgan fingerprint density at radius 3 is 2.39 bits per heavy atom. The summed E-state index contributed by atoms with van der Waals surface area (Å²) in [4.78, 5) is 36.5. The molecule has 1 aliphatic heterocycles. The molecule has 1 aliphatic rings. The summed E-state index contributed by atoms with van der Waals surface area (Å²) in [6, 6.07) is 7.03. The zero-order valence-corrected chi connectivity index (χ0v) is 12.8. The van der Waals surface area contributed by atoms with Gasteiger partial charge in [-0.2, -0.15) is 0 Å². The molecule has 1 heterocycles. The van der Waals surface area contributed by atoms with E-state index in [1.807, 2.05) is 6.07 Å². The van der Waals surface area contributed by atoms with E-state index in [-0.39, 0.29) is 26.1 Å². The predicted molar refractivity (Wildman–Crippen MR) is 79.5 cm³/mol. The number of carbonyl (C=O) groups is 3. The summed E-state index contributed by atoms with van der Waals surface area (Å²) in [7, 11) is 0. The smallest absolute Gasteiger partial charge is 0.411 e. The lowest BCUT2D eigenvalue weighted by atomic mass is 10.2. The summed E-state index contributed by atoms with van der Waals surface area (Å²) < 4.78 is 10.1. The largest absolute Gasteiger partial charge is 0.480 e. The van der Waals surface area contributed by atoms with Gasteiger partial charge in [0, 0.05) is 0 Å². The maximum absolute atomic E-state index is 12.3. The molecule has 0 bridgehead atoms. The van der Waals surface area contributed by atoms with Crippen molar-refractivity contribution < 1.29 is 29.0 Å². The van der Waals surface area contributed by atoms with Crippen LogP contribution in [-0.4, -0.2) is 46.7 Å². The normalized spacial score (nSPS) is 20.1. The summed E-state index contributed by atoms with van der Waals surface area (Å²) in [5, 5.41) is 9.25. The SMILES string of the molecule is CCOC(=O)[C@@H]1CC[C@@H](C(=O)O)N1C(=O)OCc1ccccc1. The Bertz CT molecular complexity index is 573. The molecule has 0 aromatic heterocycles. The Labute approximate surface area is 133 Å². The van der Waals surface area contributed by atoms with Crippen molar-refractivity contribution in [2.45, 2.75) is 38.5 Å². The second-order valence-electron chi connectivity index (χ2n) is 5.15. The van der Waals surface area contributed by atoms with Crippen LogP contribution >= 0.6 is 0 Å². The molecule has 0 spiro atoms. The molecule has 1 aromatic rings. The number of hydrogen-bond acceptors (Lipinski definition) is 5. The van der Waals surface area contributed by atoms with Crippen LogP contribution in [0.3, 0.4) is 0 Å². The molecular formula is C16H19NO6. The molecule has 1 amide bonds. The molecule has 2 rings (SSSR count). The third kappa shape index (κ3) is 4.00. The number of carboxylic acids is 1. The Balaban J connectivity index is 2.08. The number of nitrogens with zero attached hydrogens (tertiary/aromatic N) is 1. The van der Waals surface area contributed by atoms with Crippen molar-refractivity contribution in [3.63, 3.8) is 0 Å². The number of esters is 1. The maximum atomic E-state index is 12.3. The highest BCUT2D eigenvalue weighted by Gasteiger charge is 2.46. The summed E-state index contributed by atoms with van der Waals surface area (Å²) in [5.41, 5.74) is 0.777. The Morgan fingerprint density at radius 2 is 1.78 bits per heavy atom. The first-order chi connectivity index (χ1) is 11.0. The fourth-order valence-electron chi connectivity index (χ4n) is 2.57. The fraction of sp³-hybridized carbons (Fsp3) is 0.438. The first-order valence-corrected chi connectivity index (χ1v) is 7.43. The molecule has 0 saturated carbocycles. The first-order valence-electron chi connectivity index (χ1n) is 7.43. The lowest BCUT2D eigenvalue weighted by Gasteiger charge is -2.26. The minimum atomic E-state index is -1.16. The van der Waals surface area contributed by atoms with Gasteiger partial charge in [0.05, 0.1) is 6.61 Å². The van der Waals surface area contributed by atoms with Crippen molar-refractivity contribution in [2.75, 3.05) is 6.61 Å². The van der Waals surface area contributed by atoms with E-state index in [1.165, 1.54) is 0 Å². The van der Waals surface area contributed by atoms with E-state index in [1.54, 1.807) is 31.2 Å². The van der Waals surface area contributed by atoms with Crippen molar-refractivity contribution >= 4 is 18.0 Å². The predicted octanol–water partition coefficient (Wildman–Crippen LogP) is 1.80. The number of carbonyl (C=O) groups excluding carboxylic acids is 2. The van der Waals surface area contributed by atoms with E-state index in [2.05, 4.69) is 0 Å². The Hall–Kier alpha value is -2.57. The minimum absolute atomic E-state index is 0.0120. The Morgan fingerprint density at radius 1 is 1.13 bits per heavy atom. The molecule has 0 unspecified atom stereocenters. The second-order valence-corrected chi connectivity index (χ2v) is 5.15. The summed E-state index contributed by atoms with van der Waals surface area (Å²) >= 11 is 0. The molecular weight excluding hydrogens is 302 g/mol. The summed E-state index contributed by atoms with van der Waals surface area (Å²) in [6.45, 7) is 1.83. The zero-order valence-electron chi connectivity index (χ0n) is 12.8. The van der Waals surface area contributed by atoms with Crippen molar-refractivity contribution in [3.05, 3.63) is 35.9 Å². The second kappa shape index (κ2) is 7.62. The lowest BCUT2D eigenvalue weighted by Crippen LogP contribution is -2.48. The molecule has 7 nitrogen and oxygen atoms in total. The van der Waals surface area contributed by atoms with E-state index < -0.39 is 30.1 Å². The quantitative estimate of drug-likeness (QED) is 0.831. The van der Waals surface area contributed by atoms with Gasteiger partial charge < -0.3 is 14.6 Å². The van der Waals surface area contributed by atoms with Crippen LogP contribution in [0.5, 0.6) is 0 Å². The van der Waals surface area contributed by atoms with Gasteiger partial charge in [-0.25, -0.2) is 14.4 Å². The summed E-state index contributed by atoms with van der Waals surface area (Å²) in [6.07, 6.45) is -0.382. The number of likely N-dealkylation sites (tertiary alicyclic amines) is 1.